The maximum absolute atomic E-state index is 13.4. The molecule has 7 heteroatoms. The maximum atomic E-state index is 13.4. The molecule has 3 aromatic rings. The predicted molar refractivity (Wildman–Crippen MR) is 110 cm³/mol. The minimum Gasteiger partial charge on any atom is -0.340 e. The Hall–Kier alpha value is -3.09. The van der Waals surface area contributed by atoms with Crippen LogP contribution in [0.15, 0.2) is 54.7 Å². The van der Waals surface area contributed by atoms with Crippen LogP contribution < -0.4 is 10.6 Å². The molecular formula is C22H23F3N4. The Kier molecular flexibility index (Phi) is 5.50. The lowest BCUT2D eigenvalue weighted by Crippen LogP contribution is -2.13. The number of hydrogen-bond acceptors (Lipinski definition) is 4. The third-order valence-corrected chi connectivity index (χ3v) is 4.42. The van der Waals surface area contributed by atoms with E-state index in [2.05, 4.69) is 41.4 Å². The fraction of sp³-hybridized carbons (Fsp3) is 0.273. The second-order valence-electron chi connectivity index (χ2n) is 7.90. The van der Waals surface area contributed by atoms with Crippen LogP contribution >= 0.6 is 0 Å². The first kappa shape index (κ1) is 20.6. The molecule has 0 saturated carbocycles. The lowest BCUT2D eigenvalue weighted by Gasteiger charge is -2.19. The summed E-state index contributed by atoms with van der Waals surface area (Å²) in [6.45, 7) is 8.23. The van der Waals surface area contributed by atoms with Crippen LogP contribution in [0.5, 0.6) is 0 Å². The summed E-state index contributed by atoms with van der Waals surface area (Å²) >= 11 is 0. The minimum atomic E-state index is -4.57. The van der Waals surface area contributed by atoms with E-state index in [4.69, 9.17) is 0 Å². The third kappa shape index (κ3) is 5.25. The molecule has 0 bridgehead atoms. The third-order valence-electron chi connectivity index (χ3n) is 4.42. The van der Waals surface area contributed by atoms with Crippen molar-refractivity contribution in [2.45, 2.75) is 39.3 Å². The van der Waals surface area contributed by atoms with Gasteiger partial charge in [0.05, 0.1) is 0 Å². The monoisotopic (exact) mass is 400 g/mol. The first-order valence-electron chi connectivity index (χ1n) is 9.18. The molecule has 0 aliphatic rings. The first-order valence-corrected chi connectivity index (χ1v) is 9.18. The predicted octanol–water partition coefficient (Wildman–Crippen LogP) is 6.59. The van der Waals surface area contributed by atoms with Crippen LogP contribution in [0.2, 0.25) is 0 Å². The minimum absolute atomic E-state index is 0.00845. The van der Waals surface area contributed by atoms with Crippen molar-refractivity contribution in [2.24, 2.45) is 0 Å². The molecule has 0 atom stereocenters. The Labute approximate surface area is 168 Å². The van der Waals surface area contributed by atoms with Gasteiger partial charge < -0.3 is 10.6 Å². The second kappa shape index (κ2) is 7.73. The summed E-state index contributed by atoms with van der Waals surface area (Å²) in [5.41, 5.74) is 2.45. The molecule has 0 fully saturated rings. The van der Waals surface area contributed by atoms with Crippen molar-refractivity contribution in [1.29, 1.82) is 0 Å². The van der Waals surface area contributed by atoms with Gasteiger partial charge in [-0.3, -0.25) is 0 Å². The normalized spacial score (nSPS) is 12.0. The fourth-order valence-electron chi connectivity index (χ4n) is 2.70. The molecule has 3 rings (SSSR count). The Morgan fingerprint density at radius 2 is 1.34 bits per heavy atom. The molecule has 2 aromatic carbocycles. The number of nitrogens with zero attached hydrogens (tertiary/aromatic N) is 2. The quantitative estimate of drug-likeness (QED) is 0.519. The summed E-state index contributed by atoms with van der Waals surface area (Å²) in [6.07, 6.45) is -3.78. The molecule has 4 nitrogen and oxygen atoms in total. The van der Waals surface area contributed by atoms with Crippen molar-refractivity contribution in [2.75, 3.05) is 10.6 Å². The van der Waals surface area contributed by atoms with Gasteiger partial charge in [-0.2, -0.15) is 18.2 Å². The maximum Gasteiger partial charge on any atom is 0.421 e. The molecule has 0 unspecified atom stereocenters. The zero-order valence-corrected chi connectivity index (χ0v) is 16.7. The summed E-state index contributed by atoms with van der Waals surface area (Å²) in [4.78, 5) is 7.92. The van der Waals surface area contributed by atoms with E-state index < -0.39 is 11.7 Å². The average molecular weight is 400 g/mol. The van der Waals surface area contributed by atoms with Gasteiger partial charge in [0.2, 0.25) is 5.95 Å². The number of hydrogen-bond donors (Lipinski definition) is 2. The molecule has 0 aliphatic heterocycles. The highest BCUT2D eigenvalue weighted by Crippen LogP contribution is 2.35. The number of aromatic nitrogens is 2. The topological polar surface area (TPSA) is 49.8 Å². The van der Waals surface area contributed by atoms with E-state index >= 15 is 0 Å². The van der Waals surface area contributed by atoms with E-state index in [0.717, 1.165) is 17.3 Å². The number of alkyl halides is 3. The van der Waals surface area contributed by atoms with Gasteiger partial charge in [0.25, 0.3) is 0 Å². The molecular weight excluding hydrogens is 377 g/mol. The van der Waals surface area contributed by atoms with E-state index in [0.29, 0.717) is 11.4 Å². The van der Waals surface area contributed by atoms with E-state index in [1.165, 1.54) is 0 Å². The van der Waals surface area contributed by atoms with Gasteiger partial charge >= 0.3 is 6.18 Å². The highest BCUT2D eigenvalue weighted by molar-refractivity contribution is 5.63. The summed E-state index contributed by atoms with van der Waals surface area (Å²) in [5, 5.41) is 5.72. The molecule has 0 radical (unpaired) electrons. The summed E-state index contributed by atoms with van der Waals surface area (Å²) in [7, 11) is 0. The van der Waals surface area contributed by atoms with E-state index in [9.17, 15) is 13.2 Å². The van der Waals surface area contributed by atoms with Gasteiger partial charge in [-0.05, 0) is 42.2 Å². The molecule has 1 heterocycles. The van der Waals surface area contributed by atoms with Gasteiger partial charge in [-0.25, -0.2) is 4.98 Å². The van der Waals surface area contributed by atoms with Gasteiger partial charge in [-0.1, -0.05) is 50.6 Å². The Morgan fingerprint density at radius 1 is 0.793 bits per heavy atom. The number of halogens is 3. The van der Waals surface area contributed by atoms with Crippen LogP contribution in [-0.4, -0.2) is 9.97 Å². The second-order valence-corrected chi connectivity index (χ2v) is 7.90. The zero-order valence-electron chi connectivity index (χ0n) is 16.7. The van der Waals surface area contributed by atoms with E-state index in [1.54, 1.807) is 12.1 Å². The lowest BCUT2D eigenvalue weighted by molar-refractivity contribution is -0.137. The van der Waals surface area contributed by atoms with Crippen LogP contribution in [0.4, 0.5) is 36.3 Å². The van der Waals surface area contributed by atoms with Crippen molar-refractivity contribution in [3.05, 3.63) is 71.4 Å². The van der Waals surface area contributed by atoms with Gasteiger partial charge in [0, 0.05) is 17.6 Å². The first-order chi connectivity index (χ1) is 13.5. The smallest absolute Gasteiger partial charge is 0.340 e. The summed E-state index contributed by atoms with van der Waals surface area (Å²) < 4.78 is 40.2. The van der Waals surface area contributed by atoms with Crippen molar-refractivity contribution < 1.29 is 13.2 Å². The van der Waals surface area contributed by atoms with Crippen molar-refractivity contribution in [3.63, 3.8) is 0 Å². The molecule has 29 heavy (non-hydrogen) atoms. The molecule has 2 N–H and O–H groups in total. The van der Waals surface area contributed by atoms with Crippen LogP contribution in [-0.2, 0) is 11.6 Å². The number of rotatable bonds is 4. The Balaban J connectivity index is 1.89. The van der Waals surface area contributed by atoms with Crippen molar-refractivity contribution in [1.82, 2.24) is 9.97 Å². The van der Waals surface area contributed by atoms with E-state index in [1.807, 2.05) is 43.3 Å². The van der Waals surface area contributed by atoms with E-state index in [-0.39, 0.29) is 17.2 Å². The van der Waals surface area contributed by atoms with Crippen molar-refractivity contribution in [3.8, 4) is 0 Å². The summed E-state index contributed by atoms with van der Waals surface area (Å²) in [6, 6.07) is 14.7. The van der Waals surface area contributed by atoms with Gasteiger partial charge in [0.15, 0.2) is 0 Å². The van der Waals surface area contributed by atoms with Crippen molar-refractivity contribution >= 4 is 23.1 Å². The largest absolute Gasteiger partial charge is 0.421 e. The zero-order chi connectivity index (χ0) is 21.2. The number of aryl methyl sites for hydroxylation is 1. The molecule has 1 aromatic heterocycles. The van der Waals surface area contributed by atoms with Crippen LogP contribution in [0.1, 0.15) is 37.5 Å². The van der Waals surface area contributed by atoms with Crippen LogP contribution in [0.25, 0.3) is 0 Å². The number of nitrogens with one attached hydrogen (secondary N) is 2. The lowest BCUT2D eigenvalue weighted by atomic mass is 9.87. The van der Waals surface area contributed by atoms with Gasteiger partial charge in [0.1, 0.15) is 11.4 Å². The summed E-state index contributed by atoms with van der Waals surface area (Å²) in [5.74, 6) is -0.221. The standard InChI is InChI=1S/C22H23F3N4/c1-14-5-9-16(10-6-14)27-19-18(22(23,24)25)13-26-20(29-19)28-17-11-7-15(8-12-17)21(2,3)4/h5-13H,1-4H3,(H2,26,27,28,29). The molecule has 0 spiro atoms. The molecule has 0 aliphatic carbocycles. The Bertz CT molecular complexity index is 973. The van der Waals surface area contributed by atoms with Gasteiger partial charge in [-0.15, -0.1) is 0 Å². The van der Waals surface area contributed by atoms with Crippen LogP contribution in [0, 0.1) is 6.92 Å². The fourth-order valence-corrected chi connectivity index (χ4v) is 2.70. The molecule has 152 valence electrons. The molecule has 0 saturated heterocycles. The Morgan fingerprint density at radius 3 is 1.90 bits per heavy atom. The average Bonchev–Trinajstić information content (AvgIpc) is 2.62. The highest BCUT2D eigenvalue weighted by Gasteiger charge is 2.35. The van der Waals surface area contributed by atoms with Crippen LogP contribution in [0.3, 0.4) is 0 Å². The number of anilines is 4. The number of benzene rings is 2. The molecule has 0 amide bonds. The highest BCUT2D eigenvalue weighted by atomic mass is 19.4. The SMILES string of the molecule is Cc1ccc(Nc2nc(Nc3ccc(C(C)(C)C)cc3)ncc2C(F)(F)F)cc1.